The molecular weight excluding hydrogens is 194 g/mol. The number of hydroxylamine groups is 2. The quantitative estimate of drug-likeness (QED) is 0.322. The summed E-state index contributed by atoms with van der Waals surface area (Å²) in [4.78, 5) is 0. The van der Waals surface area contributed by atoms with Crippen molar-refractivity contribution in [2.45, 2.75) is 32.6 Å². The second-order valence-electron chi connectivity index (χ2n) is 2.78. The Morgan fingerprint density at radius 1 is 1.42 bits per heavy atom. The molecule has 0 unspecified atom stereocenters. The smallest absolute Gasteiger partial charge is 0.163 e. The lowest BCUT2D eigenvalue weighted by atomic mass is 10.2. The van der Waals surface area contributed by atoms with Crippen molar-refractivity contribution in [3.63, 3.8) is 0 Å². The van der Waals surface area contributed by atoms with Crippen molar-refractivity contribution in [3.8, 4) is 0 Å². The van der Waals surface area contributed by atoms with Crippen LogP contribution >= 0.6 is 21.8 Å². The molecule has 70 valence electrons. The molecule has 0 saturated heterocycles. The third-order valence-corrected chi connectivity index (χ3v) is 3.81. The number of hydrogen-bond donors (Lipinski definition) is 2. The first-order valence-corrected chi connectivity index (χ1v) is 6.23. The molecule has 0 spiro atoms. The Morgan fingerprint density at radius 2 is 2.17 bits per heavy atom. The topological polar surface area (TPSA) is 40.5 Å². The van der Waals surface area contributed by atoms with Gasteiger partial charge in [-0.15, -0.1) is 0 Å². The maximum Gasteiger partial charge on any atom is 0.231 e. The van der Waals surface area contributed by atoms with Crippen molar-refractivity contribution in [1.29, 1.82) is 0 Å². The van der Waals surface area contributed by atoms with Crippen molar-refractivity contribution in [1.82, 2.24) is 0 Å². The van der Waals surface area contributed by atoms with Gasteiger partial charge in [0.15, 0.2) is 5.70 Å². The Labute approximate surface area is 80.5 Å². The molecule has 0 atom stereocenters. The highest BCUT2D eigenvalue weighted by Crippen LogP contribution is 2.44. The molecule has 0 amide bonds. The van der Waals surface area contributed by atoms with E-state index in [-0.39, 0.29) is 0 Å². The lowest BCUT2D eigenvalue weighted by molar-refractivity contribution is -1.12. The summed E-state index contributed by atoms with van der Waals surface area (Å²) in [6, 6.07) is 0. The van der Waals surface area contributed by atoms with Gasteiger partial charge in [-0.25, -0.2) is 0 Å². The maximum atomic E-state index is 9.32. The molecular formula is C7H14NO2S2+. The molecule has 0 bridgehead atoms. The predicted molar refractivity (Wildman–Crippen MR) is 51.2 cm³/mol. The van der Waals surface area contributed by atoms with E-state index >= 15 is 0 Å². The number of hydrogen-bond acceptors (Lipinski definition) is 4. The summed E-state index contributed by atoms with van der Waals surface area (Å²) in [5, 5.41) is 20.5. The van der Waals surface area contributed by atoms with E-state index in [0.29, 0.717) is 5.70 Å². The van der Waals surface area contributed by atoms with Gasteiger partial charge >= 0.3 is 0 Å². The Hall–Kier alpha value is 0.320. The van der Waals surface area contributed by atoms with E-state index in [4.69, 9.17) is 0 Å². The van der Waals surface area contributed by atoms with Crippen LogP contribution in [0, 0.1) is 0 Å². The molecule has 2 N–H and O–H groups in total. The standard InChI is InChI=1S/C7H14NO2S2/c1-2-3-4-5-7-6-11-12-8(7,9)10/h6,9-10H,2-5H2,1H3/q+1. The molecule has 1 aliphatic rings. The van der Waals surface area contributed by atoms with Crippen molar-refractivity contribution >= 4 is 21.8 Å². The minimum Gasteiger partial charge on any atom is -0.163 e. The highest BCUT2D eigenvalue weighted by Gasteiger charge is 2.37. The van der Waals surface area contributed by atoms with Crippen molar-refractivity contribution in [2.75, 3.05) is 0 Å². The molecule has 1 rings (SSSR count). The molecule has 0 aliphatic carbocycles. The molecule has 0 radical (unpaired) electrons. The lowest BCUT2D eigenvalue weighted by Crippen LogP contribution is -2.28. The summed E-state index contributed by atoms with van der Waals surface area (Å²) < 4.78 is -0.978. The molecule has 0 fully saturated rings. The fourth-order valence-electron chi connectivity index (χ4n) is 1.01. The third kappa shape index (κ3) is 2.67. The zero-order valence-electron chi connectivity index (χ0n) is 7.06. The van der Waals surface area contributed by atoms with Crippen molar-refractivity contribution < 1.29 is 14.6 Å². The van der Waals surface area contributed by atoms with Gasteiger partial charge in [0, 0.05) is 17.2 Å². The largest absolute Gasteiger partial charge is 0.231 e. The first kappa shape index (κ1) is 10.4. The Bertz CT molecular complexity index is 182. The monoisotopic (exact) mass is 208 g/mol. The average Bonchev–Trinajstić information content (AvgIpc) is 2.32. The van der Waals surface area contributed by atoms with Crippen LogP contribution in [0.3, 0.4) is 0 Å². The van der Waals surface area contributed by atoms with Crippen LogP contribution in [0.4, 0.5) is 0 Å². The molecule has 3 nitrogen and oxygen atoms in total. The Morgan fingerprint density at radius 3 is 2.67 bits per heavy atom. The van der Waals surface area contributed by atoms with Gasteiger partial charge in [0.05, 0.1) is 9.62 Å². The molecule has 1 aliphatic heterocycles. The van der Waals surface area contributed by atoms with E-state index < -0.39 is 4.21 Å². The van der Waals surface area contributed by atoms with E-state index in [9.17, 15) is 10.4 Å². The van der Waals surface area contributed by atoms with E-state index in [1.165, 1.54) is 10.8 Å². The van der Waals surface area contributed by atoms with Gasteiger partial charge in [-0.2, -0.15) is 10.4 Å². The number of rotatable bonds is 4. The van der Waals surface area contributed by atoms with Crippen LogP contribution in [0.1, 0.15) is 32.6 Å². The minimum atomic E-state index is -0.978. The number of allylic oxidation sites excluding steroid dienone is 1. The van der Waals surface area contributed by atoms with Crippen LogP contribution in [-0.4, -0.2) is 14.6 Å². The summed E-state index contributed by atoms with van der Waals surface area (Å²) >= 11 is 0. The second-order valence-corrected chi connectivity index (χ2v) is 4.89. The van der Waals surface area contributed by atoms with Crippen LogP contribution in [-0.2, 0) is 0 Å². The van der Waals surface area contributed by atoms with Gasteiger partial charge in [0.1, 0.15) is 0 Å². The van der Waals surface area contributed by atoms with Gasteiger partial charge in [-0.05, 0) is 6.42 Å². The van der Waals surface area contributed by atoms with E-state index in [1.807, 2.05) is 5.41 Å². The predicted octanol–water partition coefficient (Wildman–Crippen LogP) is 3.31. The maximum absolute atomic E-state index is 9.32. The Balaban J connectivity index is 2.32. The second kappa shape index (κ2) is 4.53. The van der Waals surface area contributed by atoms with Gasteiger partial charge in [0.25, 0.3) is 0 Å². The van der Waals surface area contributed by atoms with Gasteiger partial charge in [0.2, 0.25) is 11.0 Å². The molecule has 1 heterocycles. The van der Waals surface area contributed by atoms with Crippen LogP contribution in [0.15, 0.2) is 11.1 Å². The van der Waals surface area contributed by atoms with E-state index in [1.54, 1.807) is 0 Å². The minimum absolute atomic E-state index is 0.693. The third-order valence-electron chi connectivity index (χ3n) is 1.74. The van der Waals surface area contributed by atoms with Crippen LogP contribution in [0.2, 0.25) is 0 Å². The van der Waals surface area contributed by atoms with Gasteiger partial charge in [-0.3, -0.25) is 0 Å². The van der Waals surface area contributed by atoms with Crippen molar-refractivity contribution in [3.05, 3.63) is 11.1 Å². The van der Waals surface area contributed by atoms with Crippen LogP contribution in [0.5, 0.6) is 0 Å². The van der Waals surface area contributed by atoms with Gasteiger partial charge in [-0.1, -0.05) is 19.8 Å². The van der Waals surface area contributed by atoms with E-state index in [2.05, 4.69) is 6.92 Å². The number of nitrogens with zero attached hydrogens (tertiary/aromatic N) is 1. The summed E-state index contributed by atoms with van der Waals surface area (Å²) in [7, 11) is 2.41. The first-order chi connectivity index (χ1) is 5.67. The summed E-state index contributed by atoms with van der Waals surface area (Å²) in [6.07, 6.45) is 4.11. The highest BCUT2D eigenvalue weighted by atomic mass is 33.1. The molecule has 0 aromatic carbocycles. The fraction of sp³-hybridized carbons (Fsp3) is 0.714. The SMILES string of the molecule is CCCCCC1=CSS[N+]1(O)O. The lowest BCUT2D eigenvalue weighted by Gasteiger charge is -2.13. The molecule has 0 aromatic rings. The summed E-state index contributed by atoms with van der Waals surface area (Å²) in [5.74, 6) is 0. The van der Waals surface area contributed by atoms with Crippen LogP contribution in [0.25, 0.3) is 0 Å². The summed E-state index contributed by atoms with van der Waals surface area (Å²) in [6.45, 7) is 2.13. The fourth-order valence-corrected chi connectivity index (χ4v) is 2.97. The van der Waals surface area contributed by atoms with Gasteiger partial charge < -0.3 is 0 Å². The molecule has 0 saturated carbocycles. The summed E-state index contributed by atoms with van der Waals surface area (Å²) in [5.41, 5.74) is 0.693. The highest BCUT2D eigenvalue weighted by molar-refractivity contribution is 8.75. The molecule has 5 heteroatoms. The zero-order valence-corrected chi connectivity index (χ0v) is 8.70. The Kier molecular flexibility index (Phi) is 3.92. The van der Waals surface area contributed by atoms with E-state index in [0.717, 1.165) is 36.7 Å². The average molecular weight is 208 g/mol. The number of unbranched alkanes of at least 4 members (excludes halogenated alkanes) is 2. The molecule has 12 heavy (non-hydrogen) atoms. The van der Waals surface area contributed by atoms with Crippen molar-refractivity contribution in [2.24, 2.45) is 0 Å². The molecule has 0 aromatic heterocycles. The van der Waals surface area contributed by atoms with Crippen LogP contribution < -0.4 is 0 Å². The number of quaternary nitrogens is 1. The first-order valence-electron chi connectivity index (χ1n) is 4.06. The normalized spacial score (nSPS) is 21.1. The zero-order chi connectivity index (χ0) is 9.03.